The molecular weight excluding hydrogens is 406 g/mol. The Morgan fingerprint density at radius 2 is 1.75 bits per heavy atom. The van der Waals surface area contributed by atoms with Crippen molar-refractivity contribution < 1.29 is 14.1 Å². The molecule has 8 nitrogen and oxygen atoms in total. The van der Waals surface area contributed by atoms with Gasteiger partial charge in [-0.15, -0.1) is 0 Å². The molecule has 0 radical (unpaired) electrons. The normalized spacial score (nSPS) is 16.2. The molecule has 1 N–H and O–H groups in total. The summed E-state index contributed by atoms with van der Waals surface area (Å²) in [5.74, 6) is 1.48. The van der Waals surface area contributed by atoms with E-state index in [1.165, 1.54) is 6.92 Å². The zero-order valence-electron chi connectivity index (χ0n) is 20.8. The first-order chi connectivity index (χ1) is 15.3. The molecule has 1 saturated carbocycles. The third-order valence-electron chi connectivity index (χ3n) is 6.34. The quantitative estimate of drug-likeness (QED) is 0.491. The highest BCUT2D eigenvalue weighted by atomic mass is 16.5. The minimum Gasteiger partial charge on any atom is -0.343 e. The highest BCUT2D eigenvalue weighted by Crippen LogP contribution is 2.34. The van der Waals surface area contributed by atoms with Crippen LogP contribution in [0.2, 0.25) is 0 Å². The van der Waals surface area contributed by atoms with Gasteiger partial charge in [-0.2, -0.15) is 4.98 Å². The minimum absolute atomic E-state index is 0.0778. The highest BCUT2D eigenvalue weighted by Gasteiger charge is 2.38. The Bertz CT molecular complexity index is 706. The molecule has 0 bridgehead atoms. The van der Waals surface area contributed by atoms with Gasteiger partial charge in [-0.25, -0.2) is 0 Å². The molecule has 0 saturated heterocycles. The summed E-state index contributed by atoms with van der Waals surface area (Å²) in [6.45, 7) is 14.4. The van der Waals surface area contributed by atoms with Crippen molar-refractivity contribution >= 4 is 11.8 Å². The average molecular weight is 450 g/mol. The van der Waals surface area contributed by atoms with Crippen molar-refractivity contribution in [3.63, 3.8) is 0 Å². The lowest BCUT2D eigenvalue weighted by Crippen LogP contribution is -2.45. The Hall–Kier alpha value is -1.96. The van der Waals surface area contributed by atoms with Gasteiger partial charge in [0.05, 0.1) is 0 Å². The number of amides is 2. The molecule has 0 aromatic carbocycles. The van der Waals surface area contributed by atoms with Crippen LogP contribution in [0.25, 0.3) is 0 Å². The third-order valence-corrected chi connectivity index (χ3v) is 6.34. The topological polar surface area (TPSA) is 91.6 Å². The Labute approximate surface area is 193 Å². The molecule has 1 aromatic rings. The van der Waals surface area contributed by atoms with E-state index in [1.807, 2.05) is 4.90 Å². The van der Waals surface area contributed by atoms with Gasteiger partial charge in [-0.3, -0.25) is 9.59 Å². The summed E-state index contributed by atoms with van der Waals surface area (Å²) < 4.78 is 5.52. The van der Waals surface area contributed by atoms with Crippen LogP contribution < -0.4 is 5.32 Å². The first-order valence-electron chi connectivity index (χ1n) is 12.4. The number of rotatable bonds is 12. The van der Waals surface area contributed by atoms with Crippen molar-refractivity contribution in [3.8, 4) is 0 Å². The number of hydrogen-bond acceptors (Lipinski definition) is 6. The monoisotopic (exact) mass is 449 g/mol. The number of carbonyl (C=O) groups is 2. The van der Waals surface area contributed by atoms with Crippen LogP contribution in [0.1, 0.15) is 91.3 Å². The Morgan fingerprint density at radius 1 is 1.09 bits per heavy atom. The number of aromatic nitrogens is 2. The second kappa shape index (κ2) is 12.9. The molecular formula is C24H43N5O3. The standard InChI is InChI=1S/C24H43N5O3/c1-6-28(7-2)16-17-29(18-19(3)4)22(31)13-12-21-25-23(27-32-21)24(26-20(5)30)14-10-8-9-11-15-24/h19H,6-18H2,1-5H3,(H,26,30). The van der Waals surface area contributed by atoms with Crippen molar-refractivity contribution in [1.82, 2.24) is 25.3 Å². The Balaban J connectivity index is 2.02. The molecule has 2 amide bonds. The Kier molecular flexibility index (Phi) is 10.6. The summed E-state index contributed by atoms with van der Waals surface area (Å²) >= 11 is 0. The lowest BCUT2D eigenvalue weighted by Gasteiger charge is -2.30. The van der Waals surface area contributed by atoms with Gasteiger partial charge in [-0.05, 0) is 31.8 Å². The predicted octanol–water partition coefficient (Wildman–Crippen LogP) is 3.51. The van der Waals surface area contributed by atoms with Crippen LogP contribution in [0.5, 0.6) is 0 Å². The van der Waals surface area contributed by atoms with Crippen molar-refractivity contribution in [2.24, 2.45) is 5.92 Å². The number of nitrogens with zero attached hydrogens (tertiary/aromatic N) is 4. The van der Waals surface area contributed by atoms with E-state index in [1.54, 1.807) is 0 Å². The summed E-state index contributed by atoms with van der Waals surface area (Å²) in [5.41, 5.74) is -0.554. The third kappa shape index (κ3) is 7.87. The fraction of sp³-hybridized carbons (Fsp3) is 0.833. The fourth-order valence-electron chi connectivity index (χ4n) is 4.56. The SMILES string of the molecule is CCN(CC)CCN(CC(C)C)C(=O)CCc1nc(C2(NC(C)=O)CCCCCC2)no1. The molecule has 32 heavy (non-hydrogen) atoms. The van der Waals surface area contributed by atoms with E-state index in [9.17, 15) is 9.59 Å². The summed E-state index contributed by atoms with van der Waals surface area (Å²) in [5, 5.41) is 7.33. The zero-order chi connectivity index (χ0) is 23.6. The number of carbonyl (C=O) groups excluding carboxylic acids is 2. The lowest BCUT2D eigenvalue weighted by atomic mass is 9.89. The van der Waals surface area contributed by atoms with Gasteiger partial charge in [0.1, 0.15) is 5.54 Å². The molecule has 1 heterocycles. The average Bonchev–Trinajstić information content (AvgIpc) is 3.11. The van der Waals surface area contributed by atoms with Crippen molar-refractivity contribution in [1.29, 1.82) is 0 Å². The van der Waals surface area contributed by atoms with Crippen LogP contribution in [-0.4, -0.2) is 64.5 Å². The largest absolute Gasteiger partial charge is 0.343 e. The van der Waals surface area contributed by atoms with Gasteiger partial charge in [0, 0.05) is 39.4 Å². The molecule has 2 rings (SSSR count). The molecule has 1 fully saturated rings. The van der Waals surface area contributed by atoms with Crippen LogP contribution in [-0.2, 0) is 21.5 Å². The summed E-state index contributed by atoms with van der Waals surface area (Å²) in [7, 11) is 0. The van der Waals surface area contributed by atoms with Gasteiger partial charge in [0.2, 0.25) is 17.7 Å². The van der Waals surface area contributed by atoms with Crippen molar-refractivity contribution in [2.45, 2.75) is 91.5 Å². The maximum absolute atomic E-state index is 13.0. The van der Waals surface area contributed by atoms with Crippen LogP contribution >= 0.6 is 0 Å². The number of aryl methyl sites for hydroxylation is 1. The number of hydrogen-bond donors (Lipinski definition) is 1. The summed E-state index contributed by atoms with van der Waals surface area (Å²) in [4.78, 5) is 33.8. The molecule has 182 valence electrons. The van der Waals surface area contributed by atoms with Crippen LogP contribution in [0.4, 0.5) is 0 Å². The first kappa shape index (κ1) is 26.3. The van der Waals surface area contributed by atoms with E-state index in [4.69, 9.17) is 4.52 Å². The van der Waals surface area contributed by atoms with E-state index in [-0.39, 0.29) is 11.8 Å². The molecule has 1 aliphatic carbocycles. The smallest absolute Gasteiger partial charge is 0.227 e. The zero-order valence-corrected chi connectivity index (χ0v) is 20.8. The van der Waals surface area contributed by atoms with E-state index >= 15 is 0 Å². The second-order valence-electron chi connectivity index (χ2n) is 9.45. The molecule has 1 aromatic heterocycles. The maximum atomic E-state index is 13.0. The second-order valence-corrected chi connectivity index (χ2v) is 9.45. The van der Waals surface area contributed by atoms with Gasteiger partial charge in [0.15, 0.2) is 5.82 Å². The van der Waals surface area contributed by atoms with Crippen LogP contribution in [0, 0.1) is 5.92 Å². The number of likely N-dealkylation sites (N-methyl/N-ethyl adjacent to an activating group) is 1. The van der Waals surface area contributed by atoms with Gasteiger partial charge in [0.25, 0.3) is 0 Å². The lowest BCUT2D eigenvalue weighted by molar-refractivity contribution is -0.132. The first-order valence-corrected chi connectivity index (χ1v) is 12.4. The van der Waals surface area contributed by atoms with Crippen molar-refractivity contribution in [2.75, 3.05) is 32.7 Å². The van der Waals surface area contributed by atoms with Crippen LogP contribution in [0.15, 0.2) is 4.52 Å². The fourth-order valence-corrected chi connectivity index (χ4v) is 4.56. The van der Waals surface area contributed by atoms with Gasteiger partial charge >= 0.3 is 0 Å². The number of nitrogens with one attached hydrogen (secondary N) is 1. The molecule has 0 atom stereocenters. The van der Waals surface area contributed by atoms with Gasteiger partial charge < -0.3 is 19.6 Å². The van der Waals surface area contributed by atoms with E-state index in [2.05, 4.69) is 48.1 Å². The summed E-state index contributed by atoms with van der Waals surface area (Å²) in [6, 6.07) is 0. The molecule has 8 heteroatoms. The van der Waals surface area contributed by atoms with E-state index in [0.717, 1.165) is 71.2 Å². The predicted molar refractivity (Wildman–Crippen MR) is 125 cm³/mol. The highest BCUT2D eigenvalue weighted by molar-refractivity contribution is 5.76. The Morgan fingerprint density at radius 3 is 2.31 bits per heavy atom. The van der Waals surface area contributed by atoms with E-state index < -0.39 is 5.54 Å². The summed E-state index contributed by atoms with van der Waals surface area (Å²) in [6.07, 6.45) is 6.76. The molecule has 0 spiro atoms. The van der Waals surface area contributed by atoms with Gasteiger partial charge in [-0.1, -0.05) is 58.5 Å². The molecule has 1 aliphatic rings. The van der Waals surface area contributed by atoms with Crippen molar-refractivity contribution in [3.05, 3.63) is 11.7 Å². The van der Waals surface area contributed by atoms with Crippen LogP contribution in [0.3, 0.4) is 0 Å². The maximum Gasteiger partial charge on any atom is 0.227 e. The molecule has 0 unspecified atom stereocenters. The minimum atomic E-state index is -0.554. The van der Waals surface area contributed by atoms with E-state index in [0.29, 0.717) is 30.5 Å². The molecule has 0 aliphatic heterocycles.